The second-order valence-electron chi connectivity index (χ2n) is 6.07. The zero-order valence-electron chi connectivity index (χ0n) is 14.9. The van der Waals surface area contributed by atoms with E-state index in [0.717, 1.165) is 11.1 Å². The molecule has 5 nitrogen and oxygen atoms in total. The van der Waals surface area contributed by atoms with Crippen LogP contribution < -0.4 is 5.56 Å². The first-order valence-electron chi connectivity index (χ1n) is 8.29. The van der Waals surface area contributed by atoms with E-state index < -0.39 is 5.25 Å². The summed E-state index contributed by atoms with van der Waals surface area (Å²) < 4.78 is 6.42. The van der Waals surface area contributed by atoms with Gasteiger partial charge in [0.25, 0.3) is 5.56 Å². The maximum Gasteiger partial charge on any atom is 0.318 e. The number of benzene rings is 2. The molecular weight excluding hydrogens is 348 g/mol. The van der Waals surface area contributed by atoms with E-state index in [1.165, 1.54) is 18.9 Å². The minimum absolute atomic E-state index is 0.115. The van der Waals surface area contributed by atoms with Crippen molar-refractivity contribution in [2.45, 2.75) is 30.8 Å². The molecule has 0 saturated carbocycles. The lowest BCUT2D eigenvalue weighted by atomic mass is 10.1. The number of aromatic nitrogens is 2. The average molecular weight is 368 g/mol. The second-order valence-corrected chi connectivity index (χ2v) is 7.38. The summed E-state index contributed by atoms with van der Waals surface area (Å²) in [5.41, 5.74) is 2.67. The van der Waals surface area contributed by atoms with Crippen LogP contribution in [0.3, 0.4) is 0 Å². The van der Waals surface area contributed by atoms with Crippen molar-refractivity contribution in [3.63, 3.8) is 0 Å². The van der Waals surface area contributed by atoms with Crippen LogP contribution in [0.1, 0.15) is 18.1 Å². The first-order valence-corrected chi connectivity index (χ1v) is 9.17. The van der Waals surface area contributed by atoms with Crippen molar-refractivity contribution in [2.75, 3.05) is 7.11 Å². The number of ether oxygens (including phenoxy) is 1. The molecule has 2 aromatic carbocycles. The molecule has 0 radical (unpaired) electrons. The number of para-hydroxylation sites is 1. The fourth-order valence-electron chi connectivity index (χ4n) is 2.63. The number of carbonyl (C=O) groups is 1. The van der Waals surface area contributed by atoms with Gasteiger partial charge in [0.05, 0.1) is 24.6 Å². The van der Waals surface area contributed by atoms with E-state index in [-0.39, 0.29) is 11.5 Å². The Labute approximate surface area is 156 Å². The Kier molecular flexibility index (Phi) is 5.42. The number of carbonyl (C=O) groups excluding carboxylic acids is 1. The molecule has 1 aromatic heterocycles. The third-order valence-electron chi connectivity index (χ3n) is 4.10. The van der Waals surface area contributed by atoms with Crippen LogP contribution in [-0.4, -0.2) is 27.9 Å². The van der Waals surface area contributed by atoms with Gasteiger partial charge in [-0.05, 0) is 31.5 Å². The zero-order valence-corrected chi connectivity index (χ0v) is 15.7. The molecule has 1 atom stereocenters. The van der Waals surface area contributed by atoms with Gasteiger partial charge in [0.1, 0.15) is 5.25 Å². The minimum atomic E-state index is -0.461. The number of rotatable bonds is 5. The SMILES string of the molecule is COC(=O)[C@H](C)Sc1nc2ccccc2c(=O)n1Cc1ccc(C)cc1. The van der Waals surface area contributed by atoms with E-state index >= 15 is 0 Å². The molecule has 1 heterocycles. The van der Waals surface area contributed by atoms with Gasteiger partial charge in [0.2, 0.25) is 0 Å². The molecule has 0 amide bonds. The highest BCUT2D eigenvalue weighted by Gasteiger charge is 2.20. The fourth-order valence-corrected chi connectivity index (χ4v) is 3.56. The van der Waals surface area contributed by atoms with Crippen LogP contribution in [0.5, 0.6) is 0 Å². The van der Waals surface area contributed by atoms with Crippen molar-refractivity contribution in [1.29, 1.82) is 0 Å². The van der Waals surface area contributed by atoms with Crippen LogP contribution in [0.4, 0.5) is 0 Å². The quantitative estimate of drug-likeness (QED) is 0.392. The molecule has 26 heavy (non-hydrogen) atoms. The molecule has 0 unspecified atom stereocenters. The molecule has 6 heteroatoms. The highest BCUT2D eigenvalue weighted by molar-refractivity contribution is 8.00. The number of hydrogen-bond donors (Lipinski definition) is 0. The topological polar surface area (TPSA) is 61.2 Å². The van der Waals surface area contributed by atoms with Crippen LogP contribution in [0, 0.1) is 6.92 Å². The maximum absolute atomic E-state index is 13.0. The highest BCUT2D eigenvalue weighted by atomic mass is 32.2. The van der Waals surface area contributed by atoms with Crippen LogP contribution in [0.2, 0.25) is 0 Å². The molecule has 3 aromatic rings. The van der Waals surface area contributed by atoms with E-state index in [2.05, 4.69) is 4.98 Å². The number of methoxy groups -OCH3 is 1. The third-order valence-corrected chi connectivity index (χ3v) is 5.17. The van der Waals surface area contributed by atoms with Gasteiger partial charge in [-0.25, -0.2) is 4.98 Å². The molecule has 0 N–H and O–H groups in total. The average Bonchev–Trinajstić information content (AvgIpc) is 2.65. The van der Waals surface area contributed by atoms with Crippen LogP contribution in [0.25, 0.3) is 10.9 Å². The second kappa shape index (κ2) is 7.74. The fraction of sp³-hybridized carbons (Fsp3) is 0.250. The van der Waals surface area contributed by atoms with Crippen molar-refractivity contribution < 1.29 is 9.53 Å². The first-order chi connectivity index (χ1) is 12.5. The maximum atomic E-state index is 13.0. The van der Waals surface area contributed by atoms with Crippen molar-refractivity contribution in [1.82, 2.24) is 9.55 Å². The Morgan fingerprint density at radius 2 is 1.88 bits per heavy atom. The summed E-state index contributed by atoms with van der Waals surface area (Å²) >= 11 is 1.23. The Hall–Kier alpha value is -2.60. The van der Waals surface area contributed by atoms with Crippen molar-refractivity contribution >= 4 is 28.6 Å². The molecule has 0 aliphatic heterocycles. The van der Waals surface area contributed by atoms with Crippen LogP contribution in [0.15, 0.2) is 58.5 Å². The summed E-state index contributed by atoms with van der Waals surface area (Å²) in [6.45, 7) is 4.16. The molecular formula is C20H20N2O3S. The number of thioether (sulfide) groups is 1. The highest BCUT2D eigenvalue weighted by Crippen LogP contribution is 2.24. The monoisotopic (exact) mass is 368 g/mol. The van der Waals surface area contributed by atoms with E-state index in [4.69, 9.17) is 4.74 Å². The summed E-state index contributed by atoms with van der Waals surface area (Å²) in [4.78, 5) is 29.5. The number of fused-ring (bicyclic) bond motifs is 1. The van der Waals surface area contributed by atoms with Crippen LogP contribution in [-0.2, 0) is 16.1 Å². The summed E-state index contributed by atoms with van der Waals surface area (Å²) in [5.74, 6) is -0.348. The lowest BCUT2D eigenvalue weighted by Crippen LogP contribution is -2.25. The predicted molar refractivity (Wildman–Crippen MR) is 104 cm³/mol. The predicted octanol–water partition coefficient (Wildman–Crippen LogP) is 3.41. The summed E-state index contributed by atoms with van der Waals surface area (Å²) in [6.07, 6.45) is 0. The number of esters is 1. The van der Waals surface area contributed by atoms with Gasteiger partial charge < -0.3 is 4.74 Å². The van der Waals surface area contributed by atoms with Gasteiger partial charge in [0, 0.05) is 0 Å². The van der Waals surface area contributed by atoms with Crippen molar-refractivity contribution in [2.24, 2.45) is 0 Å². The summed E-state index contributed by atoms with van der Waals surface area (Å²) in [7, 11) is 1.35. The van der Waals surface area contributed by atoms with Crippen molar-refractivity contribution in [3.05, 3.63) is 70.0 Å². The van der Waals surface area contributed by atoms with Gasteiger partial charge in [-0.3, -0.25) is 14.2 Å². The molecule has 0 bridgehead atoms. The van der Waals surface area contributed by atoms with Gasteiger partial charge >= 0.3 is 5.97 Å². The first kappa shape index (κ1) is 18.2. The van der Waals surface area contributed by atoms with Gasteiger partial charge in [-0.1, -0.05) is 53.7 Å². The molecule has 134 valence electrons. The van der Waals surface area contributed by atoms with E-state index in [0.29, 0.717) is 22.6 Å². The Morgan fingerprint density at radius 3 is 2.58 bits per heavy atom. The summed E-state index contributed by atoms with van der Waals surface area (Å²) in [6, 6.07) is 15.3. The Balaban J connectivity index is 2.09. The standard InChI is InChI=1S/C20H20N2O3S/c1-13-8-10-15(11-9-13)12-22-18(23)16-6-4-5-7-17(16)21-20(22)26-14(2)19(24)25-3/h4-11,14H,12H2,1-3H3/t14-/m0/s1. The van der Waals surface area contributed by atoms with Gasteiger partial charge in [-0.15, -0.1) is 0 Å². The van der Waals surface area contributed by atoms with Gasteiger partial charge in [-0.2, -0.15) is 0 Å². The zero-order chi connectivity index (χ0) is 18.7. The molecule has 0 aliphatic carbocycles. The number of aryl methyl sites for hydroxylation is 1. The normalized spacial score (nSPS) is 12.1. The third kappa shape index (κ3) is 3.80. The summed E-state index contributed by atoms with van der Waals surface area (Å²) in [5, 5.41) is 0.610. The number of nitrogens with zero attached hydrogens (tertiary/aromatic N) is 2. The smallest absolute Gasteiger partial charge is 0.318 e. The molecule has 0 saturated heterocycles. The Bertz CT molecular complexity index is 996. The van der Waals surface area contributed by atoms with E-state index in [1.54, 1.807) is 23.6 Å². The lowest BCUT2D eigenvalue weighted by molar-refractivity contribution is -0.139. The minimum Gasteiger partial charge on any atom is -0.468 e. The Morgan fingerprint density at radius 1 is 1.19 bits per heavy atom. The molecule has 0 aliphatic rings. The van der Waals surface area contributed by atoms with Gasteiger partial charge in [0.15, 0.2) is 5.16 Å². The lowest BCUT2D eigenvalue weighted by Gasteiger charge is -2.15. The van der Waals surface area contributed by atoms with E-state index in [1.807, 2.05) is 43.3 Å². The molecule has 3 rings (SSSR count). The number of hydrogen-bond acceptors (Lipinski definition) is 5. The van der Waals surface area contributed by atoms with Crippen molar-refractivity contribution in [3.8, 4) is 0 Å². The van der Waals surface area contributed by atoms with Crippen LogP contribution >= 0.6 is 11.8 Å². The molecule has 0 spiro atoms. The largest absolute Gasteiger partial charge is 0.468 e. The molecule has 0 fully saturated rings. The van der Waals surface area contributed by atoms with E-state index in [9.17, 15) is 9.59 Å².